The maximum absolute atomic E-state index is 13.1. The van der Waals surface area contributed by atoms with Crippen LogP contribution in [0.15, 0.2) is 29.4 Å². The number of benzene rings is 1. The van der Waals surface area contributed by atoms with Crippen LogP contribution in [-0.4, -0.2) is 51.0 Å². The number of rotatable bonds is 8. The van der Waals surface area contributed by atoms with Gasteiger partial charge in [-0.25, -0.2) is 0 Å². The average Bonchev–Trinajstić information content (AvgIpc) is 3.14. The Bertz CT molecular complexity index is 828. The minimum atomic E-state index is -0.198. The smallest absolute Gasteiger partial charge is 0.235 e. The molecule has 1 saturated carbocycles. The molecule has 0 radical (unpaired) electrons. The van der Waals surface area contributed by atoms with Gasteiger partial charge in [0.05, 0.1) is 12.4 Å². The molecule has 164 valence electrons. The van der Waals surface area contributed by atoms with Crippen molar-refractivity contribution in [1.29, 1.82) is 0 Å². The summed E-state index contributed by atoms with van der Waals surface area (Å²) in [6.45, 7) is 7.14. The summed E-state index contributed by atoms with van der Waals surface area (Å²) in [5, 5.41) is 9.52. The molecule has 0 saturated heterocycles. The molecule has 0 spiro atoms. The van der Waals surface area contributed by atoms with Crippen molar-refractivity contribution in [2.24, 2.45) is 5.92 Å². The first-order chi connectivity index (χ1) is 14.4. The van der Waals surface area contributed by atoms with E-state index < -0.39 is 0 Å². The molecule has 0 unspecified atom stereocenters. The molecule has 7 heteroatoms. The number of carbonyl (C=O) groups excluding carboxylic acids is 1. The number of amides is 1. The number of methoxy groups -OCH3 is 1. The van der Waals surface area contributed by atoms with E-state index >= 15 is 0 Å². The van der Waals surface area contributed by atoms with E-state index in [1.165, 1.54) is 31.0 Å². The number of thioether (sulfide) groups is 1. The molecule has 6 nitrogen and oxygen atoms in total. The molecule has 1 aliphatic rings. The number of aromatic nitrogens is 3. The summed E-state index contributed by atoms with van der Waals surface area (Å²) >= 11 is 1.51. The third-order valence-electron chi connectivity index (χ3n) is 5.71. The number of carbonyl (C=O) groups is 1. The fourth-order valence-electron chi connectivity index (χ4n) is 4.00. The topological polar surface area (TPSA) is 60.3 Å². The fourth-order valence-corrected chi connectivity index (χ4v) is 4.96. The van der Waals surface area contributed by atoms with Crippen LogP contribution in [0.3, 0.4) is 0 Å². The van der Waals surface area contributed by atoms with Gasteiger partial charge < -0.3 is 14.2 Å². The van der Waals surface area contributed by atoms with Crippen LogP contribution in [0.2, 0.25) is 0 Å². The lowest BCUT2D eigenvalue weighted by Crippen LogP contribution is -2.42. The lowest BCUT2D eigenvalue weighted by molar-refractivity contribution is -0.131. The van der Waals surface area contributed by atoms with E-state index in [1.54, 1.807) is 7.11 Å². The van der Waals surface area contributed by atoms with Crippen LogP contribution >= 0.6 is 11.8 Å². The summed E-state index contributed by atoms with van der Waals surface area (Å²) in [7, 11) is 3.62. The maximum Gasteiger partial charge on any atom is 0.235 e. The third kappa shape index (κ3) is 5.36. The molecule has 2 aromatic rings. The Balaban J connectivity index is 1.78. The van der Waals surface area contributed by atoms with Crippen molar-refractivity contribution in [2.75, 3.05) is 14.2 Å². The zero-order chi connectivity index (χ0) is 21.7. The van der Waals surface area contributed by atoms with Crippen molar-refractivity contribution in [3.8, 4) is 17.1 Å². The van der Waals surface area contributed by atoms with Crippen LogP contribution in [0.1, 0.15) is 52.9 Å². The molecular formula is C23H34N4O2S. The Hall–Kier alpha value is -2.02. The molecule has 0 N–H and O–H groups in total. The highest BCUT2D eigenvalue weighted by atomic mass is 32.2. The highest BCUT2D eigenvalue weighted by molar-refractivity contribution is 8.00. The Morgan fingerprint density at radius 1 is 1.17 bits per heavy atom. The summed E-state index contributed by atoms with van der Waals surface area (Å²) < 4.78 is 7.41. The van der Waals surface area contributed by atoms with Crippen molar-refractivity contribution in [3.63, 3.8) is 0 Å². The molecule has 1 aliphatic carbocycles. The van der Waals surface area contributed by atoms with Crippen LogP contribution in [-0.2, 0) is 11.3 Å². The molecule has 0 aliphatic heterocycles. The normalized spacial score (nSPS) is 15.9. The predicted molar refractivity (Wildman–Crippen MR) is 122 cm³/mol. The summed E-state index contributed by atoms with van der Waals surface area (Å²) in [4.78, 5) is 15.0. The lowest BCUT2D eigenvalue weighted by atomic mass is 9.94. The van der Waals surface area contributed by atoms with Gasteiger partial charge in [-0.3, -0.25) is 4.79 Å². The molecule has 1 aromatic heterocycles. The number of hydrogen-bond acceptors (Lipinski definition) is 5. The Labute approximate surface area is 184 Å². The average molecular weight is 431 g/mol. The maximum atomic E-state index is 13.1. The first-order valence-corrected chi connectivity index (χ1v) is 11.8. The highest BCUT2D eigenvalue weighted by Crippen LogP contribution is 2.30. The second-order valence-electron chi connectivity index (χ2n) is 8.54. The van der Waals surface area contributed by atoms with Crippen LogP contribution < -0.4 is 4.74 Å². The van der Waals surface area contributed by atoms with E-state index in [9.17, 15) is 4.79 Å². The van der Waals surface area contributed by atoms with Crippen molar-refractivity contribution < 1.29 is 9.53 Å². The zero-order valence-electron chi connectivity index (χ0n) is 18.8. The monoisotopic (exact) mass is 430 g/mol. The van der Waals surface area contributed by atoms with Crippen molar-refractivity contribution in [1.82, 2.24) is 19.7 Å². The van der Waals surface area contributed by atoms with E-state index in [0.717, 1.165) is 41.7 Å². The third-order valence-corrected chi connectivity index (χ3v) is 6.78. The number of hydrogen-bond donors (Lipinski definition) is 0. The highest BCUT2D eigenvalue weighted by Gasteiger charge is 2.28. The van der Waals surface area contributed by atoms with Gasteiger partial charge in [-0.2, -0.15) is 0 Å². The Morgan fingerprint density at radius 2 is 1.83 bits per heavy atom. The molecule has 1 aromatic carbocycles. The second-order valence-corrected chi connectivity index (χ2v) is 9.85. The first kappa shape index (κ1) is 22.7. The minimum Gasteiger partial charge on any atom is -0.497 e. The summed E-state index contributed by atoms with van der Waals surface area (Å²) in [5.74, 6) is 2.26. The van der Waals surface area contributed by atoms with Gasteiger partial charge >= 0.3 is 0 Å². The largest absolute Gasteiger partial charge is 0.497 e. The molecular weight excluding hydrogens is 396 g/mol. The molecule has 1 atom stereocenters. The summed E-state index contributed by atoms with van der Waals surface area (Å²) in [6, 6.07) is 8.24. The van der Waals surface area contributed by atoms with Gasteiger partial charge in [0.1, 0.15) is 5.75 Å². The van der Waals surface area contributed by atoms with Gasteiger partial charge in [-0.1, -0.05) is 44.9 Å². The van der Waals surface area contributed by atoms with Gasteiger partial charge in [-0.15, -0.1) is 10.2 Å². The van der Waals surface area contributed by atoms with Crippen LogP contribution in [0, 0.1) is 5.92 Å². The van der Waals surface area contributed by atoms with E-state index in [0.29, 0.717) is 12.0 Å². The minimum absolute atomic E-state index is 0.178. The second kappa shape index (κ2) is 10.3. The van der Waals surface area contributed by atoms with Gasteiger partial charge in [0.2, 0.25) is 5.91 Å². The molecule has 3 rings (SSSR count). The molecule has 1 fully saturated rings. The Kier molecular flexibility index (Phi) is 7.81. The van der Waals surface area contributed by atoms with E-state index in [1.807, 2.05) is 43.1 Å². The quantitative estimate of drug-likeness (QED) is 0.559. The number of ether oxygens (including phenoxy) is 1. The van der Waals surface area contributed by atoms with Crippen molar-refractivity contribution >= 4 is 17.7 Å². The fraction of sp³-hybridized carbons (Fsp3) is 0.609. The van der Waals surface area contributed by atoms with E-state index in [-0.39, 0.29) is 11.2 Å². The lowest BCUT2D eigenvalue weighted by Gasteiger charge is -2.32. The standard InChI is InChI=1S/C23H34N4O2S/c1-16(2)15-27-21(18-11-13-20(29-5)14-12-18)24-25-23(27)30-17(3)22(28)26(4)19-9-7-6-8-10-19/h11-14,16-17,19H,6-10,15H2,1-5H3/t17-/m0/s1. The summed E-state index contributed by atoms with van der Waals surface area (Å²) in [6.07, 6.45) is 5.96. The van der Waals surface area contributed by atoms with Gasteiger partial charge in [0.15, 0.2) is 11.0 Å². The summed E-state index contributed by atoms with van der Waals surface area (Å²) in [5.41, 5.74) is 0.995. The Morgan fingerprint density at radius 3 is 2.43 bits per heavy atom. The predicted octanol–water partition coefficient (Wildman–Crippen LogP) is 4.88. The van der Waals surface area contributed by atoms with E-state index in [2.05, 4.69) is 28.6 Å². The zero-order valence-corrected chi connectivity index (χ0v) is 19.6. The molecule has 0 bridgehead atoms. The van der Waals surface area contributed by atoms with Gasteiger partial charge in [-0.05, 0) is 49.9 Å². The molecule has 1 amide bonds. The molecule has 30 heavy (non-hydrogen) atoms. The van der Waals surface area contributed by atoms with Gasteiger partial charge in [0.25, 0.3) is 0 Å². The van der Waals surface area contributed by atoms with E-state index in [4.69, 9.17) is 4.74 Å². The number of nitrogens with zero attached hydrogens (tertiary/aromatic N) is 4. The van der Waals surface area contributed by atoms with Crippen molar-refractivity contribution in [3.05, 3.63) is 24.3 Å². The van der Waals surface area contributed by atoms with Crippen molar-refractivity contribution in [2.45, 2.75) is 75.9 Å². The van der Waals surface area contributed by atoms with Gasteiger partial charge in [0, 0.05) is 25.2 Å². The van der Waals surface area contributed by atoms with Crippen LogP contribution in [0.5, 0.6) is 5.75 Å². The van der Waals surface area contributed by atoms with Crippen LogP contribution in [0.4, 0.5) is 0 Å². The first-order valence-electron chi connectivity index (χ1n) is 10.9. The molecule has 1 heterocycles. The SMILES string of the molecule is COc1ccc(-c2nnc(S[C@@H](C)C(=O)N(C)C3CCCCC3)n2CC(C)C)cc1. The van der Waals surface area contributed by atoms with Crippen LogP contribution in [0.25, 0.3) is 11.4 Å².